The number of methoxy groups -OCH3 is 1. The molecule has 7 heteroatoms. The number of anilines is 1. The quantitative estimate of drug-likeness (QED) is 0.389. The summed E-state index contributed by atoms with van der Waals surface area (Å²) in [6.45, 7) is 4.98. The van der Waals surface area contributed by atoms with Crippen LogP contribution >= 0.6 is 0 Å². The second-order valence-electron chi connectivity index (χ2n) is 7.03. The van der Waals surface area contributed by atoms with E-state index in [4.69, 9.17) is 9.47 Å². The van der Waals surface area contributed by atoms with Gasteiger partial charge in [-0.15, -0.1) is 0 Å². The van der Waals surface area contributed by atoms with Crippen LogP contribution in [-0.2, 0) is 16.0 Å². The summed E-state index contributed by atoms with van der Waals surface area (Å²) < 4.78 is 10.8. The summed E-state index contributed by atoms with van der Waals surface area (Å²) in [4.78, 5) is 26.4. The molecule has 1 heterocycles. The lowest BCUT2D eigenvalue weighted by molar-refractivity contribution is -0.125. The predicted octanol–water partition coefficient (Wildman–Crippen LogP) is 2.87. The molecule has 3 rings (SSSR count). The molecule has 0 saturated carbocycles. The van der Waals surface area contributed by atoms with E-state index in [1.807, 2.05) is 23.1 Å². The summed E-state index contributed by atoms with van der Waals surface area (Å²) >= 11 is 0. The van der Waals surface area contributed by atoms with Crippen molar-refractivity contribution in [2.45, 2.75) is 12.8 Å². The van der Waals surface area contributed by atoms with Crippen LogP contribution in [0.4, 0.5) is 5.69 Å². The van der Waals surface area contributed by atoms with Crippen LogP contribution in [0.1, 0.15) is 17.5 Å². The minimum Gasteiger partial charge on any atom is -0.493 e. The van der Waals surface area contributed by atoms with E-state index >= 15 is 0 Å². The Kier molecular flexibility index (Phi) is 7.70. The van der Waals surface area contributed by atoms with E-state index in [9.17, 15) is 9.59 Å². The fourth-order valence-corrected chi connectivity index (χ4v) is 3.39. The Balaban J connectivity index is 1.50. The fraction of sp³-hybridized carbons (Fsp3) is 0.250. The third-order valence-corrected chi connectivity index (χ3v) is 4.84. The van der Waals surface area contributed by atoms with E-state index in [1.165, 1.54) is 11.6 Å². The van der Waals surface area contributed by atoms with Gasteiger partial charge in [-0.3, -0.25) is 20.4 Å². The lowest BCUT2D eigenvalue weighted by Crippen LogP contribution is -2.47. The van der Waals surface area contributed by atoms with Gasteiger partial charge in [0.15, 0.2) is 11.5 Å². The monoisotopic (exact) mass is 421 g/mol. The summed E-state index contributed by atoms with van der Waals surface area (Å²) in [6, 6.07) is 13.4. The minimum atomic E-state index is -0.432. The molecule has 7 nitrogen and oxygen atoms in total. The molecule has 2 N–H and O–H groups in total. The van der Waals surface area contributed by atoms with Gasteiger partial charge in [0.2, 0.25) is 0 Å². The molecule has 2 aromatic carbocycles. The third kappa shape index (κ3) is 6.12. The van der Waals surface area contributed by atoms with Crippen LogP contribution in [0.5, 0.6) is 11.5 Å². The van der Waals surface area contributed by atoms with Crippen LogP contribution in [0.15, 0.2) is 61.2 Å². The average Bonchev–Trinajstić information content (AvgIpc) is 2.80. The largest absolute Gasteiger partial charge is 0.493 e. The fourth-order valence-electron chi connectivity index (χ4n) is 3.39. The van der Waals surface area contributed by atoms with Crippen LogP contribution in [0.25, 0.3) is 6.08 Å². The molecular weight excluding hydrogens is 394 g/mol. The van der Waals surface area contributed by atoms with Crippen LogP contribution in [0.2, 0.25) is 0 Å². The Morgan fingerprint density at radius 2 is 2.00 bits per heavy atom. The Morgan fingerprint density at radius 3 is 2.81 bits per heavy atom. The number of benzene rings is 2. The maximum atomic E-state index is 12.3. The maximum absolute atomic E-state index is 12.3. The standard InChI is InChI=1S/C24H27N3O4/c1-3-15-31-21-12-10-18(16-22(21)30-2)11-13-23(28)25-26-24(29)17-27-14-6-8-19-7-4-5-9-20(19)27/h3-5,7,9-13,16H,1,6,8,14-15,17H2,2H3,(H,25,28)(H,26,29)/b13-11+. The van der Waals surface area contributed by atoms with Crippen molar-refractivity contribution in [2.75, 3.05) is 31.7 Å². The van der Waals surface area contributed by atoms with Crippen molar-refractivity contribution in [3.05, 3.63) is 72.3 Å². The smallest absolute Gasteiger partial charge is 0.262 e. The molecule has 0 atom stereocenters. The molecule has 0 spiro atoms. The van der Waals surface area contributed by atoms with Crippen molar-refractivity contribution in [3.8, 4) is 11.5 Å². The lowest BCUT2D eigenvalue weighted by Gasteiger charge is -2.30. The van der Waals surface area contributed by atoms with Crippen molar-refractivity contribution < 1.29 is 19.1 Å². The summed E-state index contributed by atoms with van der Waals surface area (Å²) in [5.41, 5.74) is 7.95. The Hall–Kier alpha value is -3.74. The molecule has 0 aliphatic carbocycles. The van der Waals surface area contributed by atoms with Gasteiger partial charge in [0.25, 0.3) is 11.8 Å². The molecule has 162 valence electrons. The number of hydrogen-bond acceptors (Lipinski definition) is 5. The maximum Gasteiger partial charge on any atom is 0.262 e. The SMILES string of the molecule is C=CCOc1ccc(/C=C/C(=O)NNC(=O)CN2CCCc3ccccc32)cc1OC. The van der Waals surface area contributed by atoms with Crippen molar-refractivity contribution in [2.24, 2.45) is 0 Å². The number of carbonyl (C=O) groups is 2. The van der Waals surface area contributed by atoms with Gasteiger partial charge in [0.1, 0.15) is 6.61 Å². The van der Waals surface area contributed by atoms with E-state index in [-0.39, 0.29) is 12.5 Å². The van der Waals surface area contributed by atoms with Gasteiger partial charge >= 0.3 is 0 Å². The lowest BCUT2D eigenvalue weighted by atomic mass is 10.0. The van der Waals surface area contributed by atoms with E-state index < -0.39 is 5.91 Å². The predicted molar refractivity (Wildman–Crippen MR) is 121 cm³/mol. The minimum absolute atomic E-state index is 0.185. The Morgan fingerprint density at radius 1 is 1.16 bits per heavy atom. The van der Waals surface area contributed by atoms with Gasteiger partial charge < -0.3 is 14.4 Å². The summed E-state index contributed by atoms with van der Waals surface area (Å²) in [5, 5.41) is 0. The highest BCUT2D eigenvalue weighted by Gasteiger charge is 2.18. The molecule has 0 aromatic heterocycles. The summed E-state index contributed by atoms with van der Waals surface area (Å²) in [7, 11) is 1.55. The Labute approximate surface area is 182 Å². The molecule has 31 heavy (non-hydrogen) atoms. The van der Waals surface area contributed by atoms with Gasteiger partial charge in [-0.05, 0) is 48.2 Å². The number of aryl methyl sites for hydroxylation is 1. The topological polar surface area (TPSA) is 79.9 Å². The number of amides is 2. The number of para-hydroxylation sites is 1. The number of carbonyl (C=O) groups excluding carboxylic acids is 2. The van der Waals surface area contributed by atoms with Crippen LogP contribution < -0.4 is 25.2 Å². The molecule has 1 aliphatic rings. The first-order valence-corrected chi connectivity index (χ1v) is 10.1. The number of fused-ring (bicyclic) bond motifs is 1. The number of nitrogens with zero attached hydrogens (tertiary/aromatic N) is 1. The van der Waals surface area contributed by atoms with E-state index in [0.29, 0.717) is 18.1 Å². The zero-order valence-corrected chi connectivity index (χ0v) is 17.6. The zero-order chi connectivity index (χ0) is 22.1. The molecule has 0 unspecified atom stereocenters. The van der Waals surface area contributed by atoms with Crippen molar-refractivity contribution in [1.29, 1.82) is 0 Å². The first kappa shape index (κ1) is 22.0. The van der Waals surface area contributed by atoms with Gasteiger partial charge in [0.05, 0.1) is 13.7 Å². The molecular formula is C24H27N3O4. The van der Waals surface area contributed by atoms with Crippen molar-refractivity contribution in [1.82, 2.24) is 10.9 Å². The normalized spacial score (nSPS) is 12.7. The van der Waals surface area contributed by atoms with Gasteiger partial charge in [0, 0.05) is 18.3 Å². The zero-order valence-electron chi connectivity index (χ0n) is 17.6. The molecule has 2 aromatic rings. The van der Waals surface area contributed by atoms with Gasteiger partial charge in [-0.2, -0.15) is 0 Å². The number of rotatable bonds is 8. The molecule has 0 radical (unpaired) electrons. The summed E-state index contributed by atoms with van der Waals surface area (Å²) in [5.74, 6) is 0.442. The second-order valence-corrected chi connectivity index (χ2v) is 7.03. The van der Waals surface area contributed by atoms with Crippen LogP contribution in [0, 0.1) is 0 Å². The van der Waals surface area contributed by atoms with Crippen molar-refractivity contribution in [3.63, 3.8) is 0 Å². The summed E-state index contributed by atoms with van der Waals surface area (Å²) in [6.07, 6.45) is 6.63. The van der Waals surface area contributed by atoms with Crippen molar-refractivity contribution >= 4 is 23.6 Å². The van der Waals surface area contributed by atoms with E-state index in [0.717, 1.165) is 30.6 Å². The first-order chi connectivity index (χ1) is 15.1. The molecule has 2 amide bonds. The second kappa shape index (κ2) is 10.9. The molecule has 1 aliphatic heterocycles. The highest BCUT2D eigenvalue weighted by molar-refractivity contribution is 5.93. The molecule has 0 fully saturated rings. The molecule has 0 saturated heterocycles. The highest BCUT2D eigenvalue weighted by Crippen LogP contribution is 2.28. The van der Waals surface area contributed by atoms with E-state index in [1.54, 1.807) is 37.5 Å². The van der Waals surface area contributed by atoms with Crippen LogP contribution in [-0.4, -0.2) is 38.6 Å². The number of hydrazine groups is 1. The number of ether oxygens (including phenoxy) is 2. The first-order valence-electron chi connectivity index (χ1n) is 10.1. The molecule has 0 bridgehead atoms. The number of nitrogens with one attached hydrogen (secondary N) is 2. The van der Waals surface area contributed by atoms with E-state index in [2.05, 4.69) is 23.5 Å². The van der Waals surface area contributed by atoms with Gasteiger partial charge in [-0.1, -0.05) is 36.9 Å². The average molecular weight is 421 g/mol. The van der Waals surface area contributed by atoms with Crippen LogP contribution in [0.3, 0.4) is 0 Å². The third-order valence-electron chi connectivity index (χ3n) is 4.84. The van der Waals surface area contributed by atoms with Gasteiger partial charge in [-0.25, -0.2) is 0 Å². The Bertz CT molecular complexity index is 971. The highest BCUT2D eigenvalue weighted by atomic mass is 16.5. The number of hydrogen-bond donors (Lipinski definition) is 2.